The molecule has 0 saturated carbocycles. The first-order valence-electron chi connectivity index (χ1n) is 12.3. The van der Waals surface area contributed by atoms with Crippen molar-refractivity contribution in [3.8, 4) is 18.1 Å². The molecule has 6 N–H and O–H groups in total. The molecule has 38 heavy (non-hydrogen) atoms. The molecule has 12 nitrogen and oxygen atoms in total. The molecular weight excluding hydrogens is 500 g/mol. The van der Waals surface area contributed by atoms with E-state index in [0.29, 0.717) is 32.2 Å². The fourth-order valence-electron chi connectivity index (χ4n) is 3.29. The van der Waals surface area contributed by atoms with Crippen LogP contribution in [0.1, 0.15) is 31.2 Å². The van der Waals surface area contributed by atoms with E-state index in [4.69, 9.17) is 30.8 Å². The van der Waals surface area contributed by atoms with Crippen molar-refractivity contribution in [3.63, 3.8) is 0 Å². The Balaban J connectivity index is 2.31. The molecule has 0 aliphatic heterocycles. The van der Waals surface area contributed by atoms with Crippen LogP contribution in [0, 0.1) is 12.3 Å². The Labute approximate surface area is 222 Å². The molecule has 0 bridgehead atoms. The molecule has 3 atom stereocenters. The highest BCUT2D eigenvalue weighted by atomic mass is 16.5. The van der Waals surface area contributed by atoms with Gasteiger partial charge in [-0.05, 0) is 43.4 Å². The van der Waals surface area contributed by atoms with Crippen LogP contribution in [0.2, 0.25) is 0 Å². The Morgan fingerprint density at radius 2 is 1.58 bits per heavy atom. The first-order valence-corrected chi connectivity index (χ1v) is 12.3. The number of amides is 2. The van der Waals surface area contributed by atoms with Gasteiger partial charge in [-0.3, -0.25) is 9.59 Å². The third kappa shape index (κ3) is 15.8. The number of rotatable bonds is 21. The molecule has 0 aliphatic carbocycles. The minimum absolute atomic E-state index is 0.00772. The molecule has 1 aromatic rings. The smallest absolute Gasteiger partial charge is 0.332 e. The number of carboxylic acid groups (broad SMARTS) is 1. The van der Waals surface area contributed by atoms with Gasteiger partial charge < -0.3 is 45.3 Å². The lowest BCUT2D eigenvalue weighted by Gasteiger charge is -2.21. The van der Waals surface area contributed by atoms with Gasteiger partial charge in [-0.2, -0.15) is 0 Å². The van der Waals surface area contributed by atoms with E-state index >= 15 is 0 Å². The zero-order chi connectivity index (χ0) is 28.2. The number of carboxylic acids is 1. The molecule has 0 aromatic heterocycles. The Bertz CT molecular complexity index is 872. The molecule has 0 saturated heterocycles. The maximum Gasteiger partial charge on any atom is 0.332 e. The van der Waals surface area contributed by atoms with Crippen molar-refractivity contribution in [2.75, 3.05) is 46.2 Å². The van der Waals surface area contributed by atoms with Gasteiger partial charge in [0.2, 0.25) is 11.8 Å². The molecule has 2 amide bonds. The number of ether oxygens (including phenoxy) is 3. The summed E-state index contributed by atoms with van der Waals surface area (Å²) in [5.41, 5.74) is 0.759. The number of aliphatic carboxylic acids is 1. The van der Waals surface area contributed by atoms with Crippen LogP contribution in [0.4, 0.5) is 0 Å². The van der Waals surface area contributed by atoms with Gasteiger partial charge in [-0.25, -0.2) is 4.79 Å². The molecule has 12 heteroatoms. The number of benzene rings is 1. The number of terminal acetylenes is 1. The molecule has 1 rings (SSSR count). The second-order valence-corrected chi connectivity index (χ2v) is 8.43. The second kappa shape index (κ2) is 19.8. The van der Waals surface area contributed by atoms with E-state index < -0.39 is 36.7 Å². The fourth-order valence-corrected chi connectivity index (χ4v) is 3.29. The standard InChI is InChI=1S/C26H38N2O10/c1-2-11-36-12-13-37-14-15-38-22-8-3-19(4-9-22)16-24(32)27-17-21(30)7-5-20(28-25(33)18-29)6-10-23(31)26(34)35/h1,3-4,8-9,20-21,23,29-31H,5-7,10-18H2,(H,27,32)(H,28,33)(H,34,35). The predicted molar refractivity (Wildman–Crippen MR) is 136 cm³/mol. The fraction of sp³-hybridized carbons (Fsp3) is 0.577. The summed E-state index contributed by atoms with van der Waals surface area (Å²) in [7, 11) is 0. The Hall–Kier alpha value is -3.21. The van der Waals surface area contributed by atoms with Gasteiger partial charge in [0.1, 0.15) is 25.6 Å². The quantitative estimate of drug-likeness (QED) is 0.0858. The maximum absolute atomic E-state index is 12.2. The lowest BCUT2D eigenvalue weighted by Crippen LogP contribution is -2.39. The number of hydrogen-bond donors (Lipinski definition) is 6. The molecule has 3 unspecified atom stereocenters. The lowest BCUT2D eigenvalue weighted by molar-refractivity contribution is -0.147. The maximum atomic E-state index is 12.2. The van der Waals surface area contributed by atoms with E-state index in [9.17, 15) is 24.6 Å². The zero-order valence-corrected chi connectivity index (χ0v) is 21.3. The highest BCUT2D eigenvalue weighted by molar-refractivity contribution is 5.78. The largest absolute Gasteiger partial charge is 0.491 e. The SMILES string of the molecule is C#CCOCCOCCOc1ccc(CC(=O)NCC(O)CCC(CCC(O)C(=O)O)NC(=O)CO)cc1. The molecule has 0 radical (unpaired) electrons. The van der Waals surface area contributed by atoms with Crippen molar-refractivity contribution in [2.45, 2.75) is 50.4 Å². The van der Waals surface area contributed by atoms with Gasteiger partial charge in [-0.1, -0.05) is 18.1 Å². The molecule has 212 valence electrons. The molecule has 1 aromatic carbocycles. The van der Waals surface area contributed by atoms with E-state index in [1.54, 1.807) is 24.3 Å². The molecule has 0 aliphatic rings. The first kappa shape index (κ1) is 32.8. The summed E-state index contributed by atoms with van der Waals surface area (Å²) in [4.78, 5) is 34.5. The van der Waals surface area contributed by atoms with E-state index in [1.165, 1.54) is 0 Å². The van der Waals surface area contributed by atoms with Gasteiger partial charge >= 0.3 is 5.97 Å². The minimum Gasteiger partial charge on any atom is -0.491 e. The highest BCUT2D eigenvalue weighted by Gasteiger charge is 2.19. The van der Waals surface area contributed by atoms with Crippen LogP contribution in [-0.2, 0) is 30.3 Å². The van der Waals surface area contributed by atoms with Crippen molar-refractivity contribution in [3.05, 3.63) is 29.8 Å². The Kier molecular flexibility index (Phi) is 17.1. The summed E-state index contributed by atoms with van der Waals surface area (Å²) in [5.74, 6) is 0.704. The summed E-state index contributed by atoms with van der Waals surface area (Å²) in [6.07, 6.45) is 3.22. The van der Waals surface area contributed by atoms with Crippen LogP contribution in [-0.4, -0.2) is 103 Å². The van der Waals surface area contributed by atoms with Crippen LogP contribution in [0.3, 0.4) is 0 Å². The van der Waals surface area contributed by atoms with E-state index in [2.05, 4.69) is 16.6 Å². The van der Waals surface area contributed by atoms with Crippen molar-refractivity contribution < 1.29 is 49.0 Å². The molecule has 0 spiro atoms. The van der Waals surface area contributed by atoms with Crippen LogP contribution in [0.25, 0.3) is 0 Å². The molecule has 0 fully saturated rings. The summed E-state index contributed by atoms with van der Waals surface area (Å²) < 4.78 is 16.0. The number of carbonyl (C=O) groups is 3. The minimum atomic E-state index is -1.57. The third-order valence-electron chi connectivity index (χ3n) is 5.31. The third-order valence-corrected chi connectivity index (χ3v) is 5.31. The first-order chi connectivity index (χ1) is 18.2. The average Bonchev–Trinajstić information content (AvgIpc) is 2.90. The van der Waals surface area contributed by atoms with Crippen molar-refractivity contribution in [1.82, 2.24) is 10.6 Å². The van der Waals surface area contributed by atoms with Gasteiger partial charge in [0.05, 0.1) is 32.3 Å². The highest BCUT2D eigenvalue weighted by Crippen LogP contribution is 2.13. The Morgan fingerprint density at radius 1 is 0.921 bits per heavy atom. The topological polar surface area (TPSA) is 184 Å². The second-order valence-electron chi connectivity index (χ2n) is 8.43. The molecular formula is C26H38N2O10. The summed E-state index contributed by atoms with van der Waals surface area (Å²) >= 11 is 0. The monoisotopic (exact) mass is 538 g/mol. The van der Waals surface area contributed by atoms with Gasteiger partial charge in [0.25, 0.3) is 0 Å². The van der Waals surface area contributed by atoms with E-state index in [-0.39, 0.29) is 51.2 Å². The van der Waals surface area contributed by atoms with Crippen LogP contribution < -0.4 is 15.4 Å². The van der Waals surface area contributed by atoms with Crippen LogP contribution >= 0.6 is 0 Å². The van der Waals surface area contributed by atoms with Gasteiger partial charge in [0, 0.05) is 12.6 Å². The summed E-state index contributed by atoms with van der Waals surface area (Å²) in [5, 5.41) is 42.5. The van der Waals surface area contributed by atoms with Crippen molar-refractivity contribution >= 4 is 17.8 Å². The normalized spacial score (nSPS) is 13.1. The number of carbonyl (C=O) groups excluding carboxylic acids is 2. The van der Waals surface area contributed by atoms with Crippen molar-refractivity contribution in [2.24, 2.45) is 0 Å². The summed E-state index contributed by atoms with van der Waals surface area (Å²) in [6, 6.07) is 6.47. The number of hydrogen-bond acceptors (Lipinski definition) is 9. The van der Waals surface area contributed by atoms with E-state index in [1.807, 2.05) is 0 Å². The average molecular weight is 539 g/mol. The zero-order valence-electron chi connectivity index (χ0n) is 21.3. The van der Waals surface area contributed by atoms with E-state index in [0.717, 1.165) is 5.56 Å². The lowest BCUT2D eigenvalue weighted by atomic mass is 10.0. The Morgan fingerprint density at radius 3 is 2.24 bits per heavy atom. The van der Waals surface area contributed by atoms with Crippen LogP contribution in [0.15, 0.2) is 24.3 Å². The summed E-state index contributed by atoms with van der Waals surface area (Å²) in [6.45, 7) is 1.10. The molecule has 0 heterocycles. The number of aliphatic hydroxyl groups excluding tert-OH is 3. The van der Waals surface area contributed by atoms with Gasteiger partial charge in [-0.15, -0.1) is 6.42 Å². The van der Waals surface area contributed by atoms with Crippen molar-refractivity contribution in [1.29, 1.82) is 0 Å². The number of aliphatic hydroxyl groups is 3. The predicted octanol–water partition coefficient (Wildman–Crippen LogP) is -0.766. The van der Waals surface area contributed by atoms with Gasteiger partial charge in [0.15, 0.2) is 6.10 Å². The number of nitrogens with one attached hydrogen (secondary N) is 2. The van der Waals surface area contributed by atoms with Crippen LogP contribution in [0.5, 0.6) is 5.75 Å².